The summed E-state index contributed by atoms with van der Waals surface area (Å²) in [5.74, 6) is -2.11. The summed E-state index contributed by atoms with van der Waals surface area (Å²) in [7, 11) is 0. The quantitative estimate of drug-likeness (QED) is 0.875. The van der Waals surface area contributed by atoms with E-state index < -0.39 is 24.0 Å². The van der Waals surface area contributed by atoms with Crippen LogP contribution in [0.3, 0.4) is 0 Å². The number of nitrogens with one attached hydrogen (secondary N) is 1. The molecule has 1 aliphatic carbocycles. The third-order valence-corrected chi connectivity index (χ3v) is 3.57. The van der Waals surface area contributed by atoms with E-state index in [0.29, 0.717) is 25.7 Å². The Kier molecular flexibility index (Phi) is 4.40. The minimum atomic E-state index is -3.06. The number of carbonyl (C=O) groups is 2. The van der Waals surface area contributed by atoms with Crippen LogP contribution in [0.15, 0.2) is 24.3 Å². The highest BCUT2D eigenvalue weighted by Crippen LogP contribution is 2.31. The molecule has 0 aromatic heterocycles. The van der Waals surface area contributed by atoms with E-state index in [2.05, 4.69) is 10.1 Å². The largest absolute Gasteiger partial charge is 0.480 e. The molecule has 21 heavy (non-hydrogen) atoms. The summed E-state index contributed by atoms with van der Waals surface area (Å²) < 4.78 is 28.9. The molecule has 0 unspecified atom stereocenters. The summed E-state index contributed by atoms with van der Waals surface area (Å²) in [6.07, 6.45) is 2.04. The molecule has 1 amide bonds. The van der Waals surface area contributed by atoms with Crippen molar-refractivity contribution in [1.82, 2.24) is 5.32 Å². The second-order valence-electron chi connectivity index (χ2n) is 4.92. The Bertz CT molecular complexity index is 542. The number of carboxylic acid groups (broad SMARTS) is 1. The zero-order valence-corrected chi connectivity index (χ0v) is 11.1. The molecule has 5 nitrogen and oxygen atoms in total. The molecule has 1 aliphatic rings. The van der Waals surface area contributed by atoms with E-state index in [1.165, 1.54) is 24.3 Å². The van der Waals surface area contributed by atoms with Crippen molar-refractivity contribution in [3.63, 3.8) is 0 Å². The van der Waals surface area contributed by atoms with Gasteiger partial charge in [-0.05, 0) is 25.0 Å². The molecule has 2 N–H and O–H groups in total. The van der Waals surface area contributed by atoms with Gasteiger partial charge in [0.15, 0.2) is 0 Å². The average Bonchev–Trinajstić information content (AvgIpc) is 2.88. The number of alkyl halides is 2. The van der Waals surface area contributed by atoms with Crippen molar-refractivity contribution in [1.29, 1.82) is 0 Å². The van der Waals surface area contributed by atoms with Gasteiger partial charge in [0.2, 0.25) is 0 Å². The Morgan fingerprint density at radius 2 is 1.86 bits per heavy atom. The third kappa shape index (κ3) is 3.29. The summed E-state index contributed by atoms with van der Waals surface area (Å²) in [5.41, 5.74) is -1.43. The van der Waals surface area contributed by atoms with Gasteiger partial charge in [0, 0.05) is 0 Å². The molecule has 1 aromatic carbocycles. The number of benzene rings is 1. The molecule has 7 heteroatoms. The monoisotopic (exact) mass is 299 g/mol. The Hall–Kier alpha value is -2.18. The number of amides is 1. The van der Waals surface area contributed by atoms with Gasteiger partial charge in [-0.1, -0.05) is 25.0 Å². The lowest BCUT2D eigenvalue weighted by atomic mass is 9.97. The predicted octanol–water partition coefficient (Wildman–Crippen LogP) is 2.42. The van der Waals surface area contributed by atoms with E-state index in [1.807, 2.05) is 0 Å². The summed E-state index contributed by atoms with van der Waals surface area (Å²) in [5, 5.41) is 11.8. The summed E-state index contributed by atoms with van der Waals surface area (Å²) in [4.78, 5) is 23.6. The van der Waals surface area contributed by atoms with Gasteiger partial charge >= 0.3 is 12.6 Å². The Balaban J connectivity index is 2.22. The molecule has 0 aliphatic heterocycles. The number of hydrogen-bond donors (Lipinski definition) is 2. The van der Waals surface area contributed by atoms with E-state index in [-0.39, 0.29) is 11.3 Å². The predicted molar refractivity (Wildman–Crippen MR) is 69.4 cm³/mol. The van der Waals surface area contributed by atoms with Crippen LogP contribution in [0.5, 0.6) is 5.75 Å². The van der Waals surface area contributed by atoms with Gasteiger partial charge in [0.05, 0.1) is 5.56 Å². The van der Waals surface area contributed by atoms with Crippen LogP contribution in [0.1, 0.15) is 36.0 Å². The first-order valence-electron chi connectivity index (χ1n) is 6.54. The molecule has 0 spiro atoms. The number of para-hydroxylation sites is 1. The lowest BCUT2D eigenvalue weighted by Crippen LogP contribution is -2.52. The van der Waals surface area contributed by atoms with Crippen molar-refractivity contribution >= 4 is 11.9 Å². The fraction of sp³-hybridized carbons (Fsp3) is 0.429. The van der Waals surface area contributed by atoms with Crippen LogP contribution < -0.4 is 10.1 Å². The van der Waals surface area contributed by atoms with Crippen LogP contribution in [0, 0.1) is 0 Å². The molecular formula is C14H15F2NO4. The second-order valence-corrected chi connectivity index (χ2v) is 4.92. The standard InChI is InChI=1S/C14H15F2NO4/c15-13(16)21-10-6-2-1-5-9(10)11(18)17-14(12(19)20)7-3-4-8-14/h1-2,5-6,13H,3-4,7-8H2,(H,17,18)(H,19,20). The van der Waals surface area contributed by atoms with Crippen LogP contribution in [0.25, 0.3) is 0 Å². The molecular weight excluding hydrogens is 284 g/mol. The molecule has 1 aromatic rings. The van der Waals surface area contributed by atoms with Gasteiger partial charge in [-0.3, -0.25) is 4.79 Å². The number of ether oxygens (including phenoxy) is 1. The van der Waals surface area contributed by atoms with Gasteiger partial charge in [-0.15, -0.1) is 0 Å². The second kappa shape index (κ2) is 6.07. The molecule has 1 saturated carbocycles. The van der Waals surface area contributed by atoms with E-state index >= 15 is 0 Å². The zero-order chi connectivity index (χ0) is 15.5. The smallest absolute Gasteiger partial charge is 0.387 e. The van der Waals surface area contributed by atoms with Crippen LogP contribution in [0.4, 0.5) is 8.78 Å². The normalized spacial score (nSPS) is 16.7. The molecule has 0 atom stereocenters. The Labute approximate surface area is 119 Å². The maximum Gasteiger partial charge on any atom is 0.387 e. The number of aliphatic carboxylic acids is 1. The molecule has 114 valence electrons. The van der Waals surface area contributed by atoms with Gasteiger partial charge in [0.25, 0.3) is 5.91 Å². The number of halogens is 2. The van der Waals surface area contributed by atoms with E-state index in [0.717, 1.165) is 0 Å². The number of carboxylic acids is 1. The number of rotatable bonds is 5. The first-order chi connectivity index (χ1) is 9.94. The SMILES string of the molecule is O=C(NC1(C(=O)O)CCCC1)c1ccccc1OC(F)F. The molecule has 0 radical (unpaired) electrons. The molecule has 0 heterocycles. The summed E-state index contributed by atoms with van der Waals surface area (Å²) >= 11 is 0. The van der Waals surface area contributed by atoms with Gasteiger partial charge < -0.3 is 15.2 Å². The fourth-order valence-electron chi connectivity index (χ4n) is 2.51. The third-order valence-electron chi connectivity index (χ3n) is 3.57. The highest BCUT2D eigenvalue weighted by molar-refractivity contribution is 6.00. The topological polar surface area (TPSA) is 75.6 Å². The van der Waals surface area contributed by atoms with Crippen molar-refractivity contribution in [2.24, 2.45) is 0 Å². The summed E-state index contributed by atoms with van der Waals surface area (Å²) in [6.45, 7) is -3.06. The molecule has 0 saturated heterocycles. The fourth-order valence-corrected chi connectivity index (χ4v) is 2.51. The van der Waals surface area contributed by atoms with Crippen LogP contribution in [-0.2, 0) is 4.79 Å². The van der Waals surface area contributed by atoms with Crippen molar-refractivity contribution in [3.05, 3.63) is 29.8 Å². The molecule has 1 fully saturated rings. The Morgan fingerprint density at radius 1 is 1.24 bits per heavy atom. The number of hydrogen-bond acceptors (Lipinski definition) is 3. The zero-order valence-electron chi connectivity index (χ0n) is 11.1. The van der Waals surface area contributed by atoms with Gasteiger partial charge in [-0.2, -0.15) is 8.78 Å². The lowest BCUT2D eigenvalue weighted by molar-refractivity contribution is -0.144. The lowest BCUT2D eigenvalue weighted by Gasteiger charge is -2.25. The molecule has 2 rings (SSSR count). The number of carbonyl (C=O) groups excluding carboxylic acids is 1. The maximum atomic E-state index is 12.3. The van der Waals surface area contributed by atoms with Crippen molar-refractivity contribution in [2.45, 2.75) is 37.8 Å². The average molecular weight is 299 g/mol. The van der Waals surface area contributed by atoms with Crippen molar-refractivity contribution in [2.75, 3.05) is 0 Å². The minimum Gasteiger partial charge on any atom is -0.480 e. The highest BCUT2D eigenvalue weighted by atomic mass is 19.3. The maximum absolute atomic E-state index is 12.3. The van der Waals surface area contributed by atoms with E-state index in [1.54, 1.807) is 0 Å². The molecule has 0 bridgehead atoms. The van der Waals surface area contributed by atoms with Gasteiger partial charge in [-0.25, -0.2) is 4.79 Å². The van der Waals surface area contributed by atoms with Crippen molar-refractivity contribution in [3.8, 4) is 5.75 Å². The van der Waals surface area contributed by atoms with Crippen LogP contribution in [0.2, 0.25) is 0 Å². The van der Waals surface area contributed by atoms with E-state index in [4.69, 9.17) is 0 Å². The summed E-state index contributed by atoms with van der Waals surface area (Å²) in [6, 6.07) is 5.51. The first-order valence-corrected chi connectivity index (χ1v) is 6.54. The minimum absolute atomic E-state index is 0.106. The Morgan fingerprint density at radius 3 is 2.43 bits per heavy atom. The highest BCUT2D eigenvalue weighted by Gasteiger charge is 2.43. The first kappa shape index (κ1) is 15.2. The van der Waals surface area contributed by atoms with Crippen molar-refractivity contribution < 1.29 is 28.2 Å². The van der Waals surface area contributed by atoms with E-state index in [9.17, 15) is 23.5 Å². The van der Waals surface area contributed by atoms with Crippen LogP contribution in [-0.4, -0.2) is 29.1 Å². The van der Waals surface area contributed by atoms with Gasteiger partial charge in [0.1, 0.15) is 11.3 Å². The van der Waals surface area contributed by atoms with Crippen LogP contribution >= 0.6 is 0 Å².